The van der Waals surface area contributed by atoms with E-state index >= 15 is 0 Å². The molecule has 0 aliphatic rings. The van der Waals surface area contributed by atoms with Crippen molar-refractivity contribution in [3.05, 3.63) is 70.2 Å². The average molecular weight is 504 g/mol. The van der Waals surface area contributed by atoms with Gasteiger partial charge in [0.25, 0.3) is 0 Å². The highest BCUT2D eigenvalue weighted by molar-refractivity contribution is 6.04. The second-order valence-electron chi connectivity index (χ2n) is 8.84. The van der Waals surface area contributed by atoms with Crippen LogP contribution in [0, 0.1) is 25.5 Å². The first-order valence-electron chi connectivity index (χ1n) is 11.2. The molecule has 0 amide bonds. The fourth-order valence-corrected chi connectivity index (χ4v) is 3.98. The van der Waals surface area contributed by atoms with E-state index in [4.69, 9.17) is 4.74 Å². The molecule has 0 aliphatic heterocycles. The summed E-state index contributed by atoms with van der Waals surface area (Å²) in [5, 5.41) is 15.3. The van der Waals surface area contributed by atoms with E-state index in [0.717, 1.165) is 17.7 Å². The molecule has 3 aromatic heterocycles. The van der Waals surface area contributed by atoms with E-state index in [2.05, 4.69) is 20.5 Å². The molecule has 0 spiro atoms. The van der Waals surface area contributed by atoms with E-state index in [-0.39, 0.29) is 40.9 Å². The van der Waals surface area contributed by atoms with Crippen molar-refractivity contribution in [2.45, 2.75) is 59.1 Å². The number of benzene rings is 1. The topological polar surface area (TPSA) is 87.2 Å². The standard InChI is InChI=1S/C24H24F4N6O2/c1-5-24(4,22-29-32-34(31-22)23(27)28)11-19(35)21-14(3)30-33-18(21)9-13(2)10-20(33)36-12-15-16(25)7-6-8-17(15)26/h6-10,23H,5,11-12H2,1-4H3. The van der Waals surface area contributed by atoms with Crippen LogP contribution in [0.4, 0.5) is 17.6 Å². The minimum absolute atomic E-state index is 0.0416. The largest absolute Gasteiger partial charge is 0.473 e. The number of aryl methyl sites for hydroxylation is 2. The van der Waals surface area contributed by atoms with Crippen molar-refractivity contribution in [3.8, 4) is 5.88 Å². The molecule has 190 valence electrons. The fourth-order valence-electron chi connectivity index (χ4n) is 3.98. The highest BCUT2D eigenvalue weighted by Gasteiger charge is 2.35. The van der Waals surface area contributed by atoms with Gasteiger partial charge in [0.05, 0.1) is 22.3 Å². The minimum atomic E-state index is -2.94. The maximum Gasteiger partial charge on any atom is 0.350 e. The van der Waals surface area contributed by atoms with Gasteiger partial charge in [0.2, 0.25) is 5.88 Å². The van der Waals surface area contributed by atoms with Crippen molar-refractivity contribution in [3.63, 3.8) is 0 Å². The summed E-state index contributed by atoms with van der Waals surface area (Å²) in [7, 11) is 0. The van der Waals surface area contributed by atoms with Crippen LogP contribution in [-0.4, -0.2) is 35.6 Å². The molecule has 1 atom stereocenters. The molecule has 0 aliphatic carbocycles. The van der Waals surface area contributed by atoms with E-state index in [0.29, 0.717) is 23.2 Å². The van der Waals surface area contributed by atoms with Crippen LogP contribution in [0.15, 0.2) is 30.3 Å². The van der Waals surface area contributed by atoms with E-state index in [1.54, 1.807) is 39.8 Å². The summed E-state index contributed by atoms with van der Waals surface area (Å²) >= 11 is 0. The number of Topliss-reactive ketones (excluding diaryl/α,β-unsaturated/α-hetero) is 1. The van der Waals surface area contributed by atoms with Crippen LogP contribution < -0.4 is 4.74 Å². The highest BCUT2D eigenvalue weighted by atomic mass is 19.3. The molecule has 0 N–H and O–H groups in total. The number of nitrogens with zero attached hydrogens (tertiary/aromatic N) is 6. The number of tetrazole rings is 1. The van der Waals surface area contributed by atoms with Gasteiger partial charge in [0.1, 0.15) is 18.2 Å². The summed E-state index contributed by atoms with van der Waals surface area (Å²) in [6.07, 6.45) is 0.318. The molecule has 12 heteroatoms. The van der Waals surface area contributed by atoms with Crippen LogP contribution in [-0.2, 0) is 12.0 Å². The first-order valence-corrected chi connectivity index (χ1v) is 11.2. The van der Waals surface area contributed by atoms with Crippen LogP contribution >= 0.6 is 0 Å². The molecule has 8 nitrogen and oxygen atoms in total. The van der Waals surface area contributed by atoms with Crippen molar-refractivity contribution in [1.29, 1.82) is 0 Å². The normalized spacial score (nSPS) is 13.4. The van der Waals surface area contributed by atoms with Crippen molar-refractivity contribution < 1.29 is 27.1 Å². The number of carbonyl (C=O) groups is 1. The predicted molar refractivity (Wildman–Crippen MR) is 121 cm³/mol. The van der Waals surface area contributed by atoms with Gasteiger partial charge in [-0.15, -0.1) is 10.2 Å². The Hall–Kier alpha value is -3.83. The van der Waals surface area contributed by atoms with E-state index in [1.807, 2.05) is 0 Å². The molecular formula is C24H24F4N6O2. The second-order valence-corrected chi connectivity index (χ2v) is 8.84. The fraction of sp³-hybridized carbons (Fsp3) is 0.375. The Morgan fingerprint density at radius 3 is 2.44 bits per heavy atom. The van der Waals surface area contributed by atoms with Gasteiger partial charge in [-0.05, 0) is 49.2 Å². The molecule has 0 bridgehead atoms. The van der Waals surface area contributed by atoms with Crippen LogP contribution in [0.1, 0.15) is 66.2 Å². The SMILES string of the molecule is CCC(C)(CC(=O)c1c(C)nn2c(OCc3c(F)cccc3F)cc(C)cc12)c1nnn(C(F)F)n1. The number of ether oxygens (including phenoxy) is 1. The van der Waals surface area contributed by atoms with Gasteiger partial charge in [-0.25, -0.2) is 13.3 Å². The molecule has 0 fully saturated rings. The minimum Gasteiger partial charge on any atom is -0.473 e. The first-order chi connectivity index (χ1) is 17.0. The number of halogens is 4. The molecule has 36 heavy (non-hydrogen) atoms. The van der Waals surface area contributed by atoms with Crippen LogP contribution in [0.5, 0.6) is 5.88 Å². The third-order valence-corrected chi connectivity index (χ3v) is 6.20. The molecule has 1 aromatic carbocycles. The van der Waals surface area contributed by atoms with Gasteiger partial charge in [-0.2, -0.15) is 13.9 Å². The lowest BCUT2D eigenvalue weighted by molar-refractivity contribution is 0.0391. The third-order valence-electron chi connectivity index (χ3n) is 6.20. The Balaban J connectivity index is 1.67. The van der Waals surface area contributed by atoms with E-state index < -0.39 is 23.6 Å². The molecule has 3 heterocycles. The number of pyridine rings is 1. The highest BCUT2D eigenvalue weighted by Crippen LogP contribution is 2.33. The second kappa shape index (κ2) is 9.67. The zero-order chi connectivity index (χ0) is 26.2. The number of aromatic nitrogens is 6. The molecule has 0 saturated carbocycles. The average Bonchev–Trinajstić information content (AvgIpc) is 3.44. The summed E-state index contributed by atoms with van der Waals surface area (Å²) in [5.41, 5.74) is 0.743. The van der Waals surface area contributed by atoms with Crippen molar-refractivity contribution in [2.24, 2.45) is 0 Å². The monoisotopic (exact) mass is 504 g/mol. The van der Waals surface area contributed by atoms with Crippen LogP contribution in [0.2, 0.25) is 0 Å². The zero-order valence-electron chi connectivity index (χ0n) is 20.1. The van der Waals surface area contributed by atoms with Crippen molar-refractivity contribution in [2.75, 3.05) is 0 Å². The third kappa shape index (κ3) is 4.67. The molecule has 4 rings (SSSR count). The summed E-state index contributed by atoms with van der Waals surface area (Å²) < 4.78 is 61.1. The summed E-state index contributed by atoms with van der Waals surface area (Å²) in [6.45, 7) is 3.64. The molecule has 4 aromatic rings. The Morgan fingerprint density at radius 2 is 1.83 bits per heavy atom. The number of rotatable bonds is 9. The Kier molecular flexibility index (Phi) is 6.79. The smallest absolute Gasteiger partial charge is 0.350 e. The molecule has 0 saturated heterocycles. The number of carbonyl (C=O) groups excluding carboxylic acids is 1. The lowest BCUT2D eigenvalue weighted by Gasteiger charge is -2.23. The maximum absolute atomic E-state index is 14.1. The van der Waals surface area contributed by atoms with Gasteiger partial charge in [-0.3, -0.25) is 4.79 Å². The van der Waals surface area contributed by atoms with Crippen LogP contribution in [0.25, 0.3) is 5.52 Å². The quantitative estimate of drug-likeness (QED) is 0.232. The summed E-state index contributed by atoms with van der Waals surface area (Å²) in [4.78, 5) is 13.7. The first kappa shape index (κ1) is 25.3. The maximum atomic E-state index is 14.1. The van der Waals surface area contributed by atoms with Gasteiger partial charge < -0.3 is 4.74 Å². The van der Waals surface area contributed by atoms with E-state index in [9.17, 15) is 22.4 Å². The Bertz CT molecular complexity index is 1410. The molecule has 1 unspecified atom stereocenters. The Labute approximate surface area is 203 Å². The number of ketones is 1. The number of alkyl halides is 2. The van der Waals surface area contributed by atoms with E-state index in [1.165, 1.54) is 10.6 Å². The molecule has 0 radical (unpaired) electrons. The number of fused-ring (bicyclic) bond motifs is 1. The van der Waals surface area contributed by atoms with Crippen LogP contribution in [0.3, 0.4) is 0 Å². The van der Waals surface area contributed by atoms with Crippen molar-refractivity contribution in [1.82, 2.24) is 29.8 Å². The van der Waals surface area contributed by atoms with Gasteiger partial charge >= 0.3 is 6.55 Å². The number of hydrogen-bond acceptors (Lipinski definition) is 6. The zero-order valence-corrected chi connectivity index (χ0v) is 20.1. The summed E-state index contributed by atoms with van der Waals surface area (Å²) in [6, 6.07) is 6.94. The molecular weight excluding hydrogens is 480 g/mol. The van der Waals surface area contributed by atoms with Gasteiger partial charge in [0.15, 0.2) is 11.6 Å². The van der Waals surface area contributed by atoms with Gasteiger partial charge in [-0.1, -0.05) is 24.7 Å². The lowest BCUT2D eigenvalue weighted by atomic mass is 9.80. The number of hydrogen-bond donors (Lipinski definition) is 0. The summed E-state index contributed by atoms with van der Waals surface area (Å²) in [5.74, 6) is -1.52. The lowest BCUT2D eigenvalue weighted by Crippen LogP contribution is -2.27. The van der Waals surface area contributed by atoms with Gasteiger partial charge in [0, 0.05) is 17.9 Å². The predicted octanol–water partition coefficient (Wildman–Crippen LogP) is 5.13. The van der Waals surface area contributed by atoms with Crippen molar-refractivity contribution >= 4 is 11.3 Å². The Morgan fingerprint density at radius 1 is 1.14 bits per heavy atom.